The molecule has 0 saturated carbocycles. The molecular weight excluding hydrogens is 252 g/mol. The highest BCUT2D eigenvalue weighted by Crippen LogP contribution is 2.16. The first kappa shape index (κ1) is 13.5. The van der Waals surface area contributed by atoms with Gasteiger partial charge < -0.3 is 0 Å². The van der Waals surface area contributed by atoms with Gasteiger partial charge in [0.1, 0.15) is 0 Å². The smallest absolute Gasteiger partial charge is 0.0995 e. The Hall–Kier alpha value is -1.89. The van der Waals surface area contributed by atoms with Gasteiger partial charge in [-0.2, -0.15) is 5.26 Å². The van der Waals surface area contributed by atoms with Crippen LogP contribution in [0.15, 0.2) is 54.4 Å². The van der Waals surface area contributed by atoms with Crippen LogP contribution in [0.5, 0.6) is 0 Å². The normalized spacial score (nSPS) is 10.3. The number of nitriles is 1. The van der Waals surface area contributed by atoms with E-state index in [1.807, 2.05) is 30.3 Å². The number of hydrogen-bond donors (Lipinski definition) is 0. The van der Waals surface area contributed by atoms with Gasteiger partial charge in [-0.15, -0.1) is 17.9 Å². The minimum atomic E-state index is 0.753. The topological polar surface area (TPSA) is 27.0 Å². The van der Waals surface area contributed by atoms with E-state index in [0.717, 1.165) is 30.8 Å². The minimum absolute atomic E-state index is 0.753. The predicted molar refractivity (Wildman–Crippen MR) is 79.8 cm³/mol. The summed E-state index contributed by atoms with van der Waals surface area (Å²) in [5.41, 5.74) is 1.83. The van der Waals surface area contributed by atoms with Crippen LogP contribution in [0.1, 0.15) is 16.0 Å². The van der Waals surface area contributed by atoms with Crippen LogP contribution in [0, 0.1) is 11.3 Å². The molecule has 2 nitrogen and oxygen atoms in total. The lowest BCUT2D eigenvalue weighted by Gasteiger charge is -2.20. The molecule has 0 aliphatic carbocycles. The van der Waals surface area contributed by atoms with Crippen molar-refractivity contribution in [3.63, 3.8) is 0 Å². The van der Waals surface area contributed by atoms with Gasteiger partial charge in [0.05, 0.1) is 11.6 Å². The lowest BCUT2D eigenvalue weighted by atomic mass is 10.1. The SMILES string of the molecule is C=CCN(Cc1cccs1)Cc1ccccc1C#N. The van der Waals surface area contributed by atoms with Crippen LogP contribution in [0.2, 0.25) is 0 Å². The standard InChI is InChI=1S/C16H16N2S/c1-2-9-18(13-16-8-5-10-19-16)12-15-7-4-3-6-14(15)11-17/h2-8,10H,1,9,12-13H2. The highest BCUT2D eigenvalue weighted by atomic mass is 32.1. The van der Waals surface area contributed by atoms with Gasteiger partial charge in [-0.25, -0.2) is 0 Å². The summed E-state index contributed by atoms with van der Waals surface area (Å²) in [6.07, 6.45) is 1.91. The quantitative estimate of drug-likeness (QED) is 0.745. The Balaban J connectivity index is 2.12. The predicted octanol–water partition coefficient (Wildman–Crippen LogP) is 3.81. The Bertz CT molecular complexity index is 567. The Labute approximate surface area is 118 Å². The zero-order chi connectivity index (χ0) is 13.5. The Morgan fingerprint density at radius 2 is 2.05 bits per heavy atom. The molecule has 2 rings (SSSR count). The van der Waals surface area contributed by atoms with Crippen molar-refractivity contribution in [3.05, 3.63) is 70.4 Å². The van der Waals surface area contributed by atoms with Crippen LogP contribution < -0.4 is 0 Å². The molecule has 0 N–H and O–H groups in total. The molecule has 1 aromatic heterocycles. The lowest BCUT2D eigenvalue weighted by molar-refractivity contribution is 0.288. The van der Waals surface area contributed by atoms with Crippen LogP contribution in [-0.2, 0) is 13.1 Å². The number of hydrogen-bond acceptors (Lipinski definition) is 3. The van der Waals surface area contributed by atoms with Crippen molar-refractivity contribution >= 4 is 11.3 Å². The molecule has 0 spiro atoms. The molecule has 0 saturated heterocycles. The van der Waals surface area contributed by atoms with E-state index < -0.39 is 0 Å². The van der Waals surface area contributed by atoms with Crippen molar-refractivity contribution in [2.45, 2.75) is 13.1 Å². The molecule has 0 aliphatic heterocycles. The summed E-state index contributed by atoms with van der Waals surface area (Å²) in [5.74, 6) is 0. The van der Waals surface area contributed by atoms with Crippen LogP contribution in [0.3, 0.4) is 0 Å². The van der Waals surface area contributed by atoms with Crippen molar-refractivity contribution < 1.29 is 0 Å². The number of rotatable bonds is 6. The van der Waals surface area contributed by atoms with Crippen LogP contribution in [-0.4, -0.2) is 11.4 Å². The minimum Gasteiger partial charge on any atom is -0.290 e. The number of benzene rings is 1. The molecular formula is C16H16N2S. The fourth-order valence-electron chi connectivity index (χ4n) is 2.00. The summed E-state index contributed by atoms with van der Waals surface area (Å²) >= 11 is 1.76. The maximum Gasteiger partial charge on any atom is 0.0995 e. The van der Waals surface area contributed by atoms with Gasteiger partial charge >= 0.3 is 0 Å². The van der Waals surface area contributed by atoms with Crippen LogP contribution in [0.25, 0.3) is 0 Å². The van der Waals surface area contributed by atoms with Crippen molar-refractivity contribution in [1.29, 1.82) is 5.26 Å². The highest BCUT2D eigenvalue weighted by molar-refractivity contribution is 7.09. The molecule has 0 amide bonds. The van der Waals surface area contributed by atoms with E-state index in [4.69, 9.17) is 5.26 Å². The van der Waals surface area contributed by atoms with E-state index in [2.05, 4.69) is 35.1 Å². The maximum atomic E-state index is 9.13. The molecule has 0 unspecified atom stereocenters. The monoisotopic (exact) mass is 268 g/mol. The fourth-order valence-corrected chi connectivity index (χ4v) is 2.74. The molecule has 0 atom stereocenters. The average molecular weight is 268 g/mol. The third kappa shape index (κ3) is 3.78. The number of nitrogens with zero attached hydrogens (tertiary/aromatic N) is 2. The number of thiophene rings is 1. The summed E-state index contributed by atoms with van der Waals surface area (Å²) < 4.78 is 0. The van der Waals surface area contributed by atoms with Crippen molar-refractivity contribution in [3.8, 4) is 6.07 Å². The van der Waals surface area contributed by atoms with E-state index in [0.29, 0.717) is 0 Å². The van der Waals surface area contributed by atoms with Gasteiger partial charge in [-0.3, -0.25) is 4.90 Å². The Kier molecular flexibility index (Phi) is 4.91. The molecule has 19 heavy (non-hydrogen) atoms. The van der Waals surface area contributed by atoms with Gasteiger partial charge in [-0.05, 0) is 23.1 Å². The van der Waals surface area contributed by atoms with Crippen molar-refractivity contribution in [1.82, 2.24) is 4.90 Å². The summed E-state index contributed by atoms with van der Waals surface area (Å²) in [6, 6.07) is 14.2. The van der Waals surface area contributed by atoms with Crippen LogP contribution in [0.4, 0.5) is 0 Å². The van der Waals surface area contributed by atoms with Crippen molar-refractivity contribution in [2.75, 3.05) is 6.54 Å². The van der Waals surface area contributed by atoms with Crippen LogP contribution >= 0.6 is 11.3 Å². The van der Waals surface area contributed by atoms with Crippen molar-refractivity contribution in [2.24, 2.45) is 0 Å². The molecule has 1 aromatic carbocycles. The van der Waals surface area contributed by atoms with Gasteiger partial charge in [0.25, 0.3) is 0 Å². The molecule has 0 radical (unpaired) electrons. The van der Waals surface area contributed by atoms with E-state index in [1.54, 1.807) is 11.3 Å². The van der Waals surface area contributed by atoms with E-state index in [-0.39, 0.29) is 0 Å². The zero-order valence-electron chi connectivity index (χ0n) is 10.7. The average Bonchev–Trinajstić information content (AvgIpc) is 2.92. The summed E-state index contributed by atoms with van der Waals surface area (Å²) in [7, 11) is 0. The Morgan fingerprint density at radius 3 is 2.74 bits per heavy atom. The molecule has 3 heteroatoms. The van der Waals surface area contributed by atoms with Gasteiger partial charge in [0, 0.05) is 24.5 Å². The third-order valence-electron chi connectivity index (χ3n) is 2.88. The molecule has 0 aliphatic rings. The molecule has 2 aromatic rings. The summed E-state index contributed by atoms with van der Waals surface area (Å²) in [4.78, 5) is 3.62. The fraction of sp³-hybridized carbons (Fsp3) is 0.188. The summed E-state index contributed by atoms with van der Waals surface area (Å²) in [5, 5.41) is 11.2. The second kappa shape index (κ2) is 6.89. The first-order chi connectivity index (χ1) is 9.33. The van der Waals surface area contributed by atoms with Gasteiger partial charge in [0.15, 0.2) is 0 Å². The first-order valence-corrected chi connectivity index (χ1v) is 7.05. The second-order valence-corrected chi connectivity index (χ2v) is 5.34. The maximum absolute atomic E-state index is 9.13. The lowest BCUT2D eigenvalue weighted by Crippen LogP contribution is -2.22. The Morgan fingerprint density at radius 1 is 1.21 bits per heavy atom. The highest BCUT2D eigenvalue weighted by Gasteiger charge is 2.09. The molecule has 0 bridgehead atoms. The third-order valence-corrected chi connectivity index (χ3v) is 3.74. The van der Waals surface area contributed by atoms with E-state index in [9.17, 15) is 0 Å². The molecule has 0 fully saturated rings. The second-order valence-electron chi connectivity index (χ2n) is 4.31. The largest absolute Gasteiger partial charge is 0.290 e. The van der Waals surface area contributed by atoms with Gasteiger partial charge in [0.2, 0.25) is 0 Å². The van der Waals surface area contributed by atoms with E-state index in [1.165, 1.54) is 4.88 Å². The summed E-state index contributed by atoms with van der Waals surface area (Å²) in [6.45, 7) is 6.29. The zero-order valence-corrected chi connectivity index (χ0v) is 11.6. The van der Waals surface area contributed by atoms with Gasteiger partial charge in [-0.1, -0.05) is 30.3 Å². The first-order valence-electron chi connectivity index (χ1n) is 6.17. The van der Waals surface area contributed by atoms with E-state index >= 15 is 0 Å². The molecule has 96 valence electrons. The molecule has 1 heterocycles.